The van der Waals surface area contributed by atoms with Crippen molar-refractivity contribution >= 4 is 28.6 Å². The fourth-order valence-electron chi connectivity index (χ4n) is 2.50. The maximum absolute atomic E-state index is 12.6. The van der Waals surface area contributed by atoms with E-state index in [-0.39, 0.29) is 11.1 Å². The number of likely N-dealkylation sites (N-methyl/N-ethyl adjacent to an activating group) is 1. The largest absolute Gasteiger partial charge is 0.354 e. The van der Waals surface area contributed by atoms with Crippen LogP contribution in [0, 0.1) is 6.92 Å². The molecule has 118 valence electrons. The monoisotopic (exact) mass is 326 g/mol. The Hall–Kier alpha value is -2.27. The van der Waals surface area contributed by atoms with E-state index in [9.17, 15) is 9.59 Å². The van der Waals surface area contributed by atoms with Gasteiger partial charge < -0.3 is 4.90 Å². The number of benzene rings is 2. The molecule has 1 fully saturated rings. The molecule has 2 amide bonds. The lowest BCUT2D eigenvalue weighted by atomic mass is 10.2. The minimum Gasteiger partial charge on any atom is -0.354 e. The molecule has 1 aliphatic rings. The summed E-state index contributed by atoms with van der Waals surface area (Å²) < 4.78 is 0. The Balaban J connectivity index is 1.76. The number of carbonyl (C=O) groups excluding carboxylic acids is 2. The van der Waals surface area contributed by atoms with Gasteiger partial charge in [0.2, 0.25) is 0 Å². The highest BCUT2D eigenvalue weighted by molar-refractivity contribution is 8.15. The van der Waals surface area contributed by atoms with E-state index in [2.05, 4.69) is 0 Å². The number of carbonyl (C=O) groups is 2. The highest BCUT2D eigenvalue weighted by Crippen LogP contribution is 2.32. The quantitative estimate of drug-likeness (QED) is 0.860. The minimum absolute atomic E-state index is 0.160. The van der Waals surface area contributed by atoms with Crippen LogP contribution in [0.25, 0.3) is 0 Å². The van der Waals surface area contributed by atoms with E-state index in [1.807, 2.05) is 73.5 Å². The van der Waals surface area contributed by atoms with Crippen molar-refractivity contribution in [2.24, 2.45) is 0 Å². The lowest BCUT2D eigenvalue weighted by molar-refractivity contribution is -0.127. The van der Waals surface area contributed by atoms with Crippen LogP contribution in [0.5, 0.6) is 0 Å². The first-order valence-corrected chi connectivity index (χ1v) is 8.29. The summed E-state index contributed by atoms with van der Waals surface area (Å²) in [6.07, 6.45) is 0. The lowest BCUT2D eigenvalue weighted by Gasteiger charge is -2.24. The zero-order chi connectivity index (χ0) is 16.4. The summed E-state index contributed by atoms with van der Waals surface area (Å²) in [6, 6.07) is 17.5. The maximum Gasteiger partial charge on any atom is 0.291 e. The average Bonchev–Trinajstić information content (AvgIpc) is 2.84. The summed E-state index contributed by atoms with van der Waals surface area (Å²) in [5.74, 6) is -0.160. The first-order valence-electron chi connectivity index (χ1n) is 7.41. The van der Waals surface area contributed by atoms with Crippen molar-refractivity contribution in [3.05, 3.63) is 65.7 Å². The van der Waals surface area contributed by atoms with Crippen LogP contribution in [-0.2, 0) is 11.3 Å². The highest BCUT2D eigenvalue weighted by Gasteiger charge is 2.42. The number of rotatable bonds is 4. The number of thioether (sulfide) groups is 1. The van der Waals surface area contributed by atoms with Crippen molar-refractivity contribution in [1.82, 2.24) is 4.90 Å². The van der Waals surface area contributed by atoms with E-state index >= 15 is 0 Å². The first kappa shape index (κ1) is 15.6. The van der Waals surface area contributed by atoms with Crippen molar-refractivity contribution in [2.45, 2.75) is 18.8 Å². The molecule has 2 aromatic rings. The van der Waals surface area contributed by atoms with Gasteiger partial charge in [-0.1, -0.05) is 48.0 Å². The van der Waals surface area contributed by atoms with Gasteiger partial charge in [0.15, 0.2) is 5.37 Å². The van der Waals surface area contributed by atoms with E-state index < -0.39 is 5.37 Å². The molecule has 0 N–H and O–H groups in total. The van der Waals surface area contributed by atoms with Gasteiger partial charge in [-0.15, -0.1) is 0 Å². The van der Waals surface area contributed by atoms with E-state index in [1.165, 1.54) is 4.90 Å². The molecule has 1 unspecified atom stereocenters. The topological polar surface area (TPSA) is 40.6 Å². The third-order valence-electron chi connectivity index (χ3n) is 3.89. The standard InChI is InChI=1S/C18H18N2O2S/c1-13-8-10-15(11-9-13)19(2)17-16(21)20(18(22)23-17)12-14-6-4-3-5-7-14/h3-11,17H,12H2,1-2H3. The van der Waals surface area contributed by atoms with Gasteiger partial charge >= 0.3 is 0 Å². The number of hydrogen-bond acceptors (Lipinski definition) is 4. The number of amides is 2. The van der Waals surface area contributed by atoms with Crippen molar-refractivity contribution in [2.75, 3.05) is 11.9 Å². The van der Waals surface area contributed by atoms with Gasteiger partial charge in [-0.25, -0.2) is 0 Å². The highest BCUT2D eigenvalue weighted by atomic mass is 32.2. The van der Waals surface area contributed by atoms with E-state index in [0.29, 0.717) is 6.54 Å². The van der Waals surface area contributed by atoms with Crippen molar-refractivity contribution in [3.8, 4) is 0 Å². The summed E-state index contributed by atoms with van der Waals surface area (Å²) in [6.45, 7) is 2.34. The lowest BCUT2D eigenvalue weighted by Crippen LogP contribution is -2.39. The Bertz CT molecular complexity index is 716. The summed E-state index contributed by atoms with van der Waals surface area (Å²) in [5.41, 5.74) is 3.04. The second kappa shape index (κ2) is 6.46. The Labute approximate surface area is 140 Å². The molecule has 0 saturated carbocycles. The van der Waals surface area contributed by atoms with Crippen molar-refractivity contribution in [1.29, 1.82) is 0 Å². The zero-order valence-corrected chi connectivity index (χ0v) is 13.9. The van der Waals surface area contributed by atoms with Gasteiger partial charge in [-0.2, -0.15) is 0 Å². The summed E-state index contributed by atoms with van der Waals surface area (Å²) in [5, 5.41) is -0.697. The Kier molecular flexibility index (Phi) is 4.39. The number of hydrogen-bond donors (Lipinski definition) is 0. The van der Waals surface area contributed by atoms with Crippen LogP contribution in [0.2, 0.25) is 0 Å². The molecule has 0 aromatic heterocycles. The molecular weight excluding hydrogens is 308 g/mol. The third-order valence-corrected chi connectivity index (χ3v) is 5.05. The van der Waals surface area contributed by atoms with Crippen LogP contribution < -0.4 is 4.90 Å². The SMILES string of the molecule is Cc1ccc(N(C)C2SC(=O)N(Cc3ccccc3)C2=O)cc1. The van der Waals surface area contributed by atoms with Crippen LogP contribution >= 0.6 is 11.8 Å². The number of nitrogens with zero attached hydrogens (tertiary/aromatic N) is 2. The van der Waals surface area contributed by atoms with Crippen LogP contribution in [0.15, 0.2) is 54.6 Å². The molecule has 1 atom stereocenters. The van der Waals surface area contributed by atoms with Crippen LogP contribution in [0.3, 0.4) is 0 Å². The maximum atomic E-state index is 12.6. The minimum atomic E-state index is -0.506. The van der Waals surface area contributed by atoms with Gasteiger partial charge in [-0.05, 0) is 36.4 Å². The summed E-state index contributed by atoms with van der Waals surface area (Å²) in [7, 11) is 1.85. The predicted octanol–water partition coefficient (Wildman–Crippen LogP) is 3.65. The molecule has 5 heteroatoms. The molecule has 1 heterocycles. The molecule has 0 bridgehead atoms. The Morgan fingerprint density at radius 2 is 1.70 bits per heavy atom. The van der Waals surface area contributed by atoms with Gasteiger partial charge in [-0.3, -0.25) is 14.5 Å². The Morgan fingerprint density at radius 3 is 2.35 bits per heavy atom. The molecular formula is C18H18N2O2S. The second-order valence-corrected chi connectivity index (χ2v) is 6.62. The molecule has 23 heavy (non-hydrogen) atoms. The van der Waals surface area contributed by atoms with Crippen molar-refractivity contribution in [3.63, 3.8) is 0 Å². The molecule has 0 radical (unpaired) electrons. The van der Waals surface area contributed by atoms with E-state index in [4.69, 9.17) is 0 Å². The van der Waals surface area contributed by atoms with Gasteiger partial charge in [0.25, 0.3) is 11.1 Å². The van der Waals surface area contributed by atoms with Gasteiger partial charge in [0.1, 0.15) is 0 Å². The molecule has 0 aliphatic carbocycles. The fourth-order valence-corrected chi connectivity index (χ4v) is 3.48. The van der Waals surface area contributed by atoms with Crippen molar-refractivity contribution < 1.29 is 9.59 Å². The van der Waals surface area contributed by atoms with E-state index in [1.54, 1.807) is 0 Å². The normalized spacial score (nSPS) is 17.7. The van der Waals surface area contributed by atoms with Gasteiger partial charge in [0.05, 0.1) is 6.54 Å². The Morgan fingerprint density at radius 1 is 1.04 bits per heavy atom. The van der Waals surface area contributed by atoms with Crippen LogP contribution in [-0.4, -0.2) is 28.5 Å². The second-order valence-electron chi connectivity index (χ2n) is 5.59. The van der Waals surface area contributed by atoms with Crippen LogP contribution in [0.1, 0.15) is 11.1 Å². The molecule has 3 rings (SSSR count). The average molecular weight is 326 g/mol. The smallest absolute Gasteiger partial charge is 0.291 e. The third kappa shape index (κ3) is 3.24. The number of aryl methyl sites for hydroxylation is 1. The number of anilines is 1. The number of imide groups is 1. The fraction of sp³-hybridized carbons (Fsp3) is 0.222. The molecule has 4 nitrogen and oxygen atoms in total. The first-order chi connectivity index (χ1) is 11.1. The van der Waals surface area contributed by atoms with E-state index in [0.717, 1.165) is 28.6 Å². The zero-order valence-electron chi connectivity index (χ0n) is 13.1. The summed E-state index contributed by atoms with van der Waals surface area (Å²) >= 11 is 1.07. The predicted molar refractivity (Wildman–Crippen MR) is 93.3 cm³/mol. The summed E-state index contributed by atoms with van der Waals surface area (Å²) in [4.78, 5) is 28.1. The molecule has 1 saturated heterocycles. The van der Waals surface area contributed by atoms with Crippen LogP contribution in [0.4, 0.5) is 10.5 Å². The molecule has 2 aromatic carbocycles. The van der Waals surface area contributed by atoms with Gasteiger partial charge in [0, 0.05) is 12.7 Å². The molecule has 0 spiro atoms. The molecule has 1 aliphatic heterocycles.